The molecule has 0 heterocycles. The summed E-state index contributed by atoms with van der Waals surface area (Å²) >= 11 is 3.48. The predicted molar refractivity (Wildman–Crippen MR) is 122 cm³/mol. The molecule has 3 aromatic rings. The summed E-state index contributed by atoms with van der Waals surface area (Å²) in [5.41, 5.74) is 2.65. The standard InChI is InChI=1S/C22H20BBrN4/c1-14(13-25)28(2)22(17-8-7-15-5-3-4-6-16(15)9-17)27-21(26)18-10-19(23)12-20(24)11-18/h3-12,14,26H,23H2,1-2H3/b26-21?,27-22-. The lowest BCUT2D eigenvalue weighted by Gasteiger charge is -2.24. The molecule has 0 saturated carbocycles. The third-order valence-corrected chi connectivity index (χ3v) is 5.10. The third kappa shape index (κ3) is 4.32. The van der Waals surface area contributed by atoms with Gasteiger partial charge in [0.2, 0.25) is 0 Å². The minimum atomic E-state index is -0.373. The Morgan fingerprint density at radius 1 is 1.11 bits per heavy atom. The highest BCUT2D eigenvalue weighted by Crippen LogP contribution is 2.19. The Morgan fingerprint density at radius 3 is 2.50 bits per heavy atom. The molecule has 1 atom stereocenters. The summed E-state index contributed by atoms with van der Waals surface area (Å²) < 4.78 is 0.911. The highest BCUT2D eigenvalue weighted by molar-refractivity contribution is 9.10. The van der Waals surface area contributed by atoms with Crippen LogP contribution in [-0.4, -0.2) is 37.5 Å². The van der Waals surface area contributed by atoms with Gasteiger partial charge in [0.15, 0.2) is 5.84 Å². The molecule has 0 spiro atoms. The van der Waals surface area contributed by atoms with Gasteiger partial charge in [-0.05, 0) is 29.8 Å². The quantitative estimate of drug-likeness (QED) is 0.392. The van der Waals surface area contributed by atoms with Crippen molar-refractivity contribution in [2.75, 3.05) is 7.05 Å². The lowest BCUT2D eigenvalue weighted by molar-refractivity contribution is 0.462. The molecule has 0 aliphatic rings. The van der Waals surface area contributed by atoms with Crippen molar-refractivity contribution in [1.29, 1.82) is 10.7 Å². The number of halogens is 1. The van der Waals surface area contributed by atoms with E-state index in [0.717, 1.165) is 31.8 Å². The maximum Gasteiger partial charge on any atom is 0.154 e. The molecule has 0 aliphatic carbocycles. The van der Waals surface area contributed by atoms with Crippen LogP contribution >= 0.6 is 15.9 Å². The van der Waals surface area contributed by atoms with Crippen LogP contribution in [0.15, 0.2) is 70.1 Å². The van der Waals surface area contributed by atoms with E-state index in [0.29, 0.717) is 5.84 Å². The van der Waals surface area contributed by atoms with Gasteiger partial charge in [-0.2, -0.15) is 5.26 Å². The van der Waals surface area contributed by atoms with E-state index in [1.807, 2.05) is 81.3 Å². The van der Waals surface area contributed by atoms with Gasteiger partial charge in [-0.1, -0.05) is 69.9 Å². The second-order valence-corrected chi connectivity index (χ2v) is 7.69. The zero-order chi connectivity index (χ0) is 20.3. The van der Waals surface area contributed by atoms with Crippen molar-refractivity contribution >= 4 is 51.7 Å². The molecule has 0 amide bonds. The molecule has 0 aromatic heterocycles. The van der Waals surface area contributed by atoms with E-state index in [1.54, 1.807) is 0 Å². The van der Waals surface area contributed by atoms with E-state index in [-0.39, 0.29) is 11.9 Å². The monoisotopic (exact) mass is 430 g/mol. The Hall–Kier alpha value is -2.91. The Balaban J connectivity index is 2.11. The fraction of sp³-hybridized carbons (Fsp3) is 0.136. The van der Waals surface area contributed by atoms with Gasteiger partial charge in [-0.15, -0.1) is 0 Å². The molecule has 28 heavy (non-hydrogen) atoms. The zero-order valence-electron chi connectivity index (χ0n) is 16.1. The number of nitriles is 1. The molecule has 1 N–H and O–H groups in total. The minimum Gasteiger partial charge on any atom is -0.343 e. The summed E-state index contributed by atoms with van der Waals surface area (Å²) in [6.45, 7) is 1.82. The molecule has 0 saturated heterocycles. The molecule has 3 aromatic carbocycles. The summed E-state index contributed by atoms with van der Waals surface area (Å²) in [4.78, 5) is 6.44. The molecule has 4 nitrogen and oxygen atoms in total. The largest absolute Gasteiger partial charge is 0.343 e. The van der Waals surface area contributed by atoms with Crippen molar-refractivity contribution in [3.8, 4) is 6.07 Å². The van der Waals surface area contributed by atoms with Crippen molar-refractivity contribution < 1.29 is 0 Å². The van der Waals surface area contributed by atoms with Gasteiger partial charge in [-0.25, -0.2) is 4.99 Å². The number of nitrogens with one attached hydrogen (secondary N) is 1. The van der Waals surface area contributed by atoms with Gasteiger partial charge < -0.3 is 4.90 Å². The van der Waals surface area contributed by atoms with E-state index < -0.39 is 0 Å². The molecule has 3 rings (SSSR count). The van der Waals surface area contributed by atoms with Crippen LogP contribution < -0.4 is 5.46 Å². The first-order valence-corrected chi connectivity index (χ1v) is 9.75. The fourth-order valence-electron chi connectivity index (χ4n) is 2.99. The number of fused-ring (bicyclic) bond motifs is 1. The number of aliphatic imine (C=N–C) groups is 1. The number of amidine groups is 2. The molecular formula is C22H20BBrN4. The second kappa shape index (κ2) is 8.41. The first kappa shape index (κ1) is 19.8. The molecule has 138 valence electrons. The number of hydrogen-bond donors (Lipinski definition) is 1. The number of benzene rings is 3. The van der Waals surface area contributed by atoms with Crippen molar-refractivity contribution in [1.82, 2.24) is 4.90 Å². The van der Waals surface area contributed by atoms with Crippen LogP contribution in [-0.2, 0) is 0 Å². The van der Waals surface area contributed by atoms with E-state index in [9.17, 15) is 5.26 Å². The van der Waals surface area contributed by atoms with Crippen LogP contribution in [0.25, 0.3) is 10.8 Å². The third-order valence-electron chi connectivity index (χ3n) is 4.64. The summed E-state index contributed by atoms with van der Waals surface area (Å²) in [6.07, 6.45) is 0. The van der Waals surface area contributed by atoms with Crippen molar-refractivity contribution in [3.05, 3.63) is 76.3 Å². The van der Waals surface area contributed by atoms with Crippen molar-refractivity contribution in [2.24, 2.45) is 4.99 Å². The highest BCUT2D eigenvalue weighted by Gasteiger charge is 2.17. The fourth-order valence-corrected chi connectivity index (χ4v) is 3.60. The van der Waals surface area contributed by atoms with Crippen LogP contribution in [0.5, 0.6) is 0 Å². The molecule has 0 radical (unpaired) electrons. The van der Waals surface area contributed by atoms with Crippen LogP contribution in [0.3, 0.4) is 0 Å². The lowest BCUT2D eigenvalue weighted by Crippen LogP contribution is -2.35. The van der Waals surface area contributed by atoms with Gasteiger partial charge in [-0.3, -0.25) is 5.41 Å². The Labute approximate surface area is 174 Å². The van der Waals surface area contributed by atoms with Gasteiger partial charge in [0.25, 0.3) is 0 Å². The molecular weight excluding hydrogens is 411 g/mol. The second-order valence-electron chi connectivity index (χ2n) is 6.78. The number of hydrogen-bond acceptors (Lipinski definition) is 2. The molecule has 6 heteroatoms. The smallest absolute Gasteiger partial charge is 0.154 e. The number of rotatable bonds is 3. The Bertz CT molecular complexity index is 1100. The van der Waals surface area contributed by atoms with Crippen LogP contribution in [0.4, 0.5) is 0 Å². The maximum absolute atomic E-state index is 9.39. The molecule has 1 unspecified atom stereocenters. The van der Waals surface area contributed by atoms with Gasteiger partial charge >= 0.3 is 0 Å². The van der Waals surface area contributed by atoms with Crippen molar-refractivity contribution in [3.63, 3.8) is 0 Å². The minimum absolute atomic E-state index is 0.157. The van der Waals surface area contributed by atoms with Gasteiger partial charge in [0, 0.05) is 22.6 Å². The Kier molecular flexibility index (Phi) is 5.96. The molecule has 0 bridgehead atoms. The maximum atomic E-state index is 9.39. The first-order chi connectivity index (χ1) is 13.4. The number of nitrogens with zero attached hydrogens (tertiary/aromatic N) is 3. The summed E-state index contributed by atoms with van der Waals surface area (Å²) in [5, 5.41) is 20.2. The topological polar surface area (TPSA) is 63.2 Å². The van der Waals surface area contributed by atoms with Gasteiger partial charge in [0.05, 0.1) is 6.07 Å². The first-order valence-electron chi connectivity index (χ1n) is 8.95. The highest BCUT2D eigenvalue weighted by atomic mass is 79.9. The Morgan fingerprint density at radius 2 is 1.82 bits per heavy atom. The molecule has 0 aliphatic heterocycles. The molecule has 0 fully saturated rings. The normalized spacial score (nSPS) is 12.4. The summed E-state index contributed by atoms with van der Waals surface area (Å²) in [7, 11) is 3.82. The lowest BCUT2D eigenvalue weighted by atomic mass is 9.94. The van der Waals surface area contributed by atoms with Crippen molar-refractivity contribution in [2.45, 2.75) is 13.0 Å². The van der Waals surface area contributed by atoms with E-state index in [2.05, 4.69) is 33.1 Å². The predicted octanol–water partition coefficient (Wildman–Crippen LogP) is 3.48. The average molecular weight is 431 g/mol. The summed E-state index contributed by atoms with van der Waals surface area (Å²) in [5.74, 6) is 0.756. The van der Waals surface area contributed by atoms with Crippen LogP contribution in [0.1, 0.15) is 18.1 Å². The van der Waals surface area contributed by atoms with Crippen LogP contribution in [0.2, 0.25) is 0 Å². The average Bonchev–Trinajstić information content (AvgIpc) is 2.69. The van der Waals surface area contributed by atoms with Crippen LogP contribution in [0, 0.1) is 16.7 Å². The summed E-state index contributed by atoms with van der Waals surface area (Å²) in [6, 6.07) is 21.9. The van der Waals surface area contributed by atoms with E-state index in [4.69, 9.17) is 5.41 Å². The van der Waals surface area contributed by atoms with E-state index in [1.165, 1.54) is 0 Å². The zero-order valence-corrected chi connectivity index (χ0v) is 17.7. The van der Waals surface area contributed by atoms with Gasteiger partial charge in [0.1, 0.15) is 19.7 Å². The SMILES string of the molecule is Bc1cc(Br)cc(C(=N)/N=C(/c2ccc3ccccc3c2)N(C)C(C)C#N)c1. The van der Waals surface area contributed by atoms with E-state index >= 15 is 0 Å².